The van der Waals surface area contributed by atoms with Gasteiger partial charge in [0.05, 0.1) is 6.42 Å². The molecule has 0 heterocycles. The first kappa shape index (κ1) is 17.0. The molecule has 0 saturated carbocycles. The van der Waals surface area contributed by atoms with Gasteiger partial charge in [-0.15, -0.1) is 0 Å². The molecule has 2 N–H and O–H groups in total. The maximum Gasteiger partial charge on any atom is 0.317 e. The number of aryl methyl sites for hydroxylation is 1. The number of carboxylic acid groups (broad SMARTS) is 1. The number of hydrogen-bond donors (Lipinski definition) is 2. The smallest absolute Gasteiger partial charge is 0.317 e. The fourth-order valence-electron chi connectivity index (χ4n) is 1.91. The minimum Gasteiger partial charge on any atom is -0.481 e. The summed E-state index contributed by atoms with van der Waals surface area (Å²) in [5, 5.41) is 11.6. The molecular weight excluding hydrogens is 268 g/mol. The van der Waals surface area contributed by atoms with Crippen molar-refractivity contribution in [1.29, 1.82) is 0 Å². The zero-order valence-electron chi connectivity index (χ0n) is 12.9. The first-order valence-corrected chi connectivity index (χ1v) is 7.09. The lowest BCUT2D eigenvalue weighted by Gasteiger charge is -2.29. The highest BCUT2D eigenvalue weighted by Crippen LogP contribution is 2.14. The first-order valence-electron chi connectivity index (χ1n) is 7.09. The van der Waals surface area contributed by atoms with E-state index in [1.807, 2.05) is 32.0 Å². The van der Waals surface area contributed by atoms with Gasteiger partial charge >= 0.3 is 12.0 Å². The summed E-state index contributed by atoms with van der Waals surface area (Å²) in [5.74, 6) is -0.905. The number of carbonyl (C=O) groups is 2. The van der Waals surface area contributed by atoms with E-state index in [1.165, 1.54) is 10.5 Å². The summed E-state index contributed by atoms with van der Waals surface area (Å²) in [6.45, 7) is 4.15. The normalized spacial score (nSPS) is 11.0. The van der Waals surface area contributed by atoms with Crippen LogP contribution in [0.15, 0.2) is 30.3 Å². The van der Waals surface area contributed by atoms with E-state index in [0.29, 0.717) is 0 Å². The Morgan fingerprint density at radius 2 is 1.86 bits per heavy atom. The topological polar surface area (TPSA) is 69.6 Å². The van der Waals surface area contributed by atoms with Gasteiger partial charge in [-0.1, -0.05) is 30.3 Å². The summed E-state index contributed by atoms with van der Waals surface area (Å²) in [7, 11) is 1.60. The largest absolute Gasteiger partial charge is 0.481 e. The molecule has 0 radical (unpaired) electrons. The molecule has 5 nitrogen and oxygen atoms in total. The van der Waals surface area contributed by atoms with Crippen LogP contribution in [0.25, 0.3) is 0 Å². The minimum atomic E-state index is -0.905. The van der Waals surface area contributed by atoms with Crippen molar-refractivity contribution in [2.45, 2.75) is 38.6 Å². The number of rotatable bonds is 7. The molecular formula is C16H24N2O3. The van der Waals surface area contributed by atoms with E-state index in [2.05, 4.69) is 17.4 Å². The average molecular weight is 292 g/mol. The third-order valence-electron chi connectivity index (χ3n) is 3.33. The van der Waals surface area contributed by atoms with Crippen molar-refractivity contribution in [2.24, 2.45) is 0 Å². The predicted molar refractivity (Wildman–Crippen MR) is 82.3 cm³/mol. The van der Waals surface area contributed by atoms with Crippen LogP contribution in [0.5, 0.6) is 0 Å². The van der Waals surface area contributed by atoms with Crippen LogP contribution in [0.2, 0.25) is 0 Å². The van der Waals surface area contributed by atoms with E-state index in [4.69, 9.17) is 5.11 Å². The van der Waals surface area contributed by atoms with Crippen molar-refractivity contribution in [2.75, 3.05) is 13.6 Å². The summed E-state index contributed by atoms with van der Waals surface area (Å²) < 4.78 is 0. The van der Waals surface area contributed by atoms with Crippen LogP contribution < -0.4 is 5.32 Å². The summed E-state index contributed by atoms with van der Waals surface area (Å²) in [6, 6.07) is 9.87. The molecule has 0 aromatic heterocycles. The van der Waals surface area contributed by atoms with E-state index in [0.717, 1.165) is 12.8 Å². The third-order valence-corrected chi connectivity index (χ3v) is 3.33. The molecule has 2 amide bonds. The molecule has 116 valence electrons. The Morgan fingerprint density at radius 3 is 2.43 bits per heavy atom. The average Bonchev–Trinajstić information content (AvgIpc) is 2.43. The zero-order chi connectivity index (χ0) is 15.9. The number of hydrogen-bond acceptors (Lipinski definition) is 2. The van der Waals surface area contributed by atoms with Crippen molar-refractivity contribution in [3.8, 4) is 0 Å². The Morgan fingerprint density at radius 1 is 1.24 bits per heavy atom. The van der Waals surface area contributed by atoms with Gasteiger partial charge in [0.2, 0.25) is 0 Å². The van der Waals surface area contributed by atoms with Crippen LogP contribution in [-0.4, -0.2) is 41.1 Å². The number of carboxylic acids is 1. The number of aliphatic carboxylic acids is 1. The molecule has 21 heavy (non-hydrogen) atoms. The number of benzene rings is 1. The maximum atomic E-state index is 12.0. The molecule has 0 saturated heterocycles. The second-order valence-electron chi connectivity index (χ2n) is 5.86. The molecule has 0 unspecified atom stereocenters. The molecule has 0 fully saturated rings. The van der Waals surface area contributed by atoms with Crippen molar-refractivity contribution in [1.82, 2.24) is 10.2 Å². The molecule has 0 bridgehead atoms. The van der Waals surface area contributed by atoms with E-state index in [1.54, 1.807) is 7.05 Å². The van der Waals surface area contributed by atoms with Gasteiger partial charge in [0.15, 0.2) is 0 Å². The molecule has 0 aliphatic heterocycles. The Labute approximate surface area is 126 Å². The molecule has 1 aromatic carbocycles. The summed E-state index contributed by atoms with van der Waals surface area (Å²) in [5.41, 5.74) is 0.892. The third kappa shape index (κ3) is 6.79. The number of carbonyl (C=O) groups excluding carboxylic acids is 1. The van der Waals surface area contributed by atoms with Gasteiger partial charge in [-0.2, -0.15) is 0 Å². The van der Waals surface area contributed by atoms with Gasteiger partial charge in [-0.25, -0.2) is 4.79 Å². The summed E-state index contributed by atoms with van der Waals surface area (Å²) >= 11 is 0. The second-order valence-corrected chi connectivity index (χ2v) is 5.86. The van der Waals surface area contributed by atoms with E-state index < -0.39 is 5.97 Å². The van der Waals surface area contributed by atoms with E-state index in [-0.39, 0.29) is 24.5 Å². The standard InChI is InChI=1S/C16H24N2O3/c1-16(2,11-9-13-7-5-4-6-8-13)17-15(21)18(3)12-10-14(19)20/h4-8H,9-12H2,1-3H3,(H,17,21)(H,19,20). The molecule has 1 aromatic rings. The van der Waals surface area contributed by atoms with Crippen molar-refractivity contribution >= 4 is 12.0 Å². The lowest BCUT2D eigenvalue weighted by molar-refractivity contribution is -0.137. The van der Waals surface area contributed by atoms with Crippen LogP contribution >= 0.6 is 0 Å². The van der Waals surface area contributed by atoms with Gasteiger partial charge in [0, 0.05) is 19.1 Å². The Bertz CT molecular complexity index is 472. The van der Waals surface area contributed by atoms with Gasteiger partial charge < -0.3 is 15.3 Å². The van der Waals surface area contributed by atoms with Gasteiger partial charge in [0.1, 0.15) is 0 Å². The molecule has 0 aliphatic carbocycles. The molecule has 0 aliphatic rings. The first-order chi connectivity index (χ1) is 9.80. The number of urea groups is 1. The fourth-order valence-corrected chi connectivity index (χ4v) is 1.91. The quantitative estimate of drug-likeness (QED) is 0.811. The van der Waals surface area contributed by atoms with Gasteiger partial charge in [-0.05, 0) is 32.3 Å². The highest BCUT2D eigenvalue weighted by molar-refractivity contribution is 5.75. The Hall–Kier alpha value is -2.04. The van der Waals surface area contributed by atoms with Crippen molar-refractivity contribution < 1.29 is 14.7 Å². The lowest BCUT2D eigenvalue weighted by atomic mass is 9.95. The maximum absolute atomic E-state index is 12.0. The van der Waals surface area contributed by atoms with Crippen LogP contribution in [0.1, 0.15) is 32.3 Å². The summed E-state index contributed by atoms with van der Waals surface area (Å²) in [6.07, 6.45) is 1.65. The Balaban J connectivity index is 2.43. The number of nitrogens with zero attached hydrogens (tertiary/aromatic N) is 1. The highest BCUT2D eigenvalue weighted by Gasteiger charge is 2.22. The monoisotopic (exact) mass is 292 g/mol. The van der Waals surface area contributed by atoms with Crippen molar-refractivity contribution in [3.63, 3.8) is 0 Å². The molecule has 0 spiro atoms. The van der Waals surface area contributed by atoms with Crippen LogP contribution in [0, 0.1) is 0 Å². The molecule has 5 heteroatoms. The van der Waals surface area contributed by atoms with Gasteiger partial charge in [-0.3, -0.25) is 4.79 Å². The van der Waals surface area contributed by atoms with Crippen LogP contribution in [-0.2, 0) is 11.2 Å². The second kappa shape index (κ2) is 7.67. The fraction of sp³-hybridized carbons (Fsp3) is 0.500. The zero-order valence-corrected chi connectivity index (χ0v) is 12.9. The van der Waals surface area contributed by atoms with Crippen molar-refractivity contribution in [3.05, 3.63) is 35.9 Å². The van der Waals surface area contributed by atoms with Crippen LogP contribution in [0.4, 0.5) is 4.79 Å². The predicted octanol–water partition coefficient (Wildman–Crippen LogP) is 2.51. The SMILES string of the molecule is CN(CCC(=O)O)C(=O)NC(C)(C)CCc1ccccc1. The van der Waals surface area contributed by atoms with E-state index >= 15 is 0 Å². The van der Waals surface area contributed by atoms with Crippen LogP contribution in [0.3, 0.4) is 0 Å². The number of amides is 2. The lowest BCUT2D eigenvalue weighted by Crippen LogP contribution is -2.49. The minimum absolute atomic E-state index is 0.0473. The van der Waals surface area contributed by atoms with E-state index in [9.17, 15) is 9.59 Å². The highest BCUT2D eigenvalue weighted by atomic mass is 16.4. The molecule has 1 rings (SSSR count). The van der Waals surface area contributed by atoms with Gasteiger partial charge in [0.25, 0.3) is 0 Å². The summed E-state index contributed by atoms with van der Waals surface area (Å²) in [4.78, 5) is 23.9. The molecule has 0 atom stereocenters. The number of nitrogens with one attached hydrogen (secondary N) is 1. The Kier molecular flexibility index (Phi) is 6.21.